The van der Waals surface area contributed by atoms with Crippen LogP contribution in [0.1, 0.15) is 0 Å². The molecule has 0 fully saturated rings. The van der Waals surface area contributed by atoms with Gasteiger partial charge >= 0.3 is 21.1 Å². The first-order valence-corrected chi connectivity index (χ1v) is 1.67. The van der Waals surface area contributed by atoms with Crippen molar-refractivity contribution in [1.29, 1.82) is 0 Å². The van der Waals surface area contributed by atoms with Crippen molar-refractivity contribution >= 4 is 0 Å². The number of rotatable bonds is 0. The van der Waals surface area contributed by atoms with Crippen molar-refractivity contribution in [3.63, 3.8) is 0 Å². The second kappa shape index (κ2) is 3.24. The van der Waals surface area contributed by atoms with E-state index in [4.69, 9.17) is 0 Å². The first kappa shape index (κ1) is 6.04. The average Bonchev–Trinajstić information content (AvgIpc) is 1.76. The van der Waals surface area contributed by atoms with Gasteiger partial charge in [-0.05, 0) is 0 Å². The SMILES string of the molecule is [Pt+4].c1cc[cH-]c1. The quantitative estimate of drug-likeness (QED) is 0.619. The third-order valence-electron chi connectivity index (χ3n) is 0.556. The standard InChI is InChI=1S/C5H5.Pt/c1-2-4-5-3-1;/h1-5H;/q-1;+4. The van der Waals surface area contributed by atoms with Crippen LogP contribution in [-0.2, 0) is 21.1 Å². The molecule has 6 heavy (non-hydrogen) atoms. The van der Waals surface area contributed by atoms with E-state index in [1.54, 1.807) is 0 Å². The fourth-order valence-electron chi connectivity index (χ4n) is 0.321. The van der Waals surface area contributed by atoms with Crippen LogP contribution < -0.4 is 0 Å². The van der Waals surface area contributed by atoms with E-state index in [0.29, 0.717) is 0 Å². The summed E-state index contributed by atoms with van der Waals surface area (Å²) in [6.45, 7) is 0. The fourth-order valence-corrected chi connectivity index (χ4v) is 0.321. The van der Waals surface area contributed by atoms with Gasteiger partial charge in [0.05, 0.1) is 0 Å². The second-order valence-electron chi connectivity index (χ2n) is 0.962. The van der Waals surface area contributed by atoms with Crippen LogP contribution in [0, 0.1) is 0 Å². The zero-order chi connectivity index (χ0) is 3.54. The van der Waals surface area contributed by atoms with Crippen molar-refractivity contribution in [3.8, 4) is 0 Å². The molecule has 0 saturated heterocycles. The predicted molar refractivity (Wildman–Crippen MR) is 22.0 cm³/mol. The molecule has 0 aromatic heterocycles. The first-order chi connectivity index (χ1) is 2.50. The Labute approximate surface area is 51.8 Å². The minimum atomic E-state index is 0. The molecular formula is C5H5Pt+3. The molecule has 0 unspecified atom stereocenters. The molecule has 0 aliphatic heterocycles. The summed E-state index contributed by atoms with van der Waals surface area (Å²) in [5.74, 6) is 0. The summed E-state index contributed by atoms with van der Waals surface area (Å²) in [4.78, 5) is 0. The van der Waals surface area contributed by atoms with E-state index in [9.17, 15) is 0 Å². The predicted octanol–water partition coefficient (Wildman–Crippen LogP) is 1.40. The van der Waals surface area contributed by atoms with Crippen LogP contribution in [-0.4, -0.2) is 0 Å². The van der Waals surface area contributed by atoms with Gasteiger partial charge in [-0.2, -0.15) is 18.2 Å². The van der Waals surface area contributed by atoms with Crippen molar-refractivity contribution in [3.05, 3.63) is 30.3 Å². The molecule has 0 radical (unpaired) electrons. The van der Waals surface area contributed by atoms with Gasteiger partial charge in [-0.1, -0.05) is 0 Å². The largest absolute Gasteiger partial charge is 4.00 e. The first-order valence-electron chi connectivity index (χ1n) is 1.67. The van der Waals surface area contributed by atoms with Gasteiger partial charge < -0.3 is 0 Å². The molecule has 1 rings (SSSR count). The van der Waals surface area contributed by atoms with E-state index in [0.717, 1.165) is 0 Å². The van der Waals surface area contributed by atoms with Crippen molar-refractivity contribution < 1.29 is 21.1 Å². The van der Waals surface area contributed by atoms with E-state index in [-0.39, 0.29) is 21.1 Å². The summed E-state index contributed by atoms with van der Waals surface area (Å²) < 4.78 is 0. The van der Waals surface area contributed by atoms with E-state index >= 15 is 0 Å². The zero-order valence-corrected chi connectivity index (χ0v) is 5.48. The Hall–Kier alpha value is 0.0383. The van der Waals surface area contributed by atoms with Crippen molar-refractivity contribution in [2.75, 3.05) is 0 Å². The van der Waals surface area contributed by atoms with Crippen LogP contribution in [0.3, 0.4) is 0 Å². The zero-order valence-electron chi connectivity index (χ0n) is 3.20. The molecule has 0 aliphatic carbocycles. The molecule has 0 amide bonds. The van der Waals surface area contributed by atoms with Crippen molar-refractivity contribution in [2.24, 2.45) is 0 Å². The summed E-state index contributed by atoms with van der Waals surface area (Å²) in [6, 6.07) is 10.0. The summed E-state index contributed by atoms with van der Waals surface area (Å²) in [5.41, 5.74) is 0. The van der Waals surface area contributed by atoms with E-state index in [2.05, 4.69) is 0 Å². The maximum atomic E-state index is 2.00. The van der Waals surface area contributed by atoms with Crippen molar-refractivity contribution in [1.82, 2.24) is 0 Å². The van der Waals surface area contributed by atoms with Gasteiger partial charge in [0.1, 0.15) is 0 Å². The third-order valence-corrected chi connectivity index (χ3v) is 0.556. The Morgan fingerprint density at radius 3 is 1.67 bits per heavy atom. The van der Waals surface area contributed by atoms with Gasteiger partial charge in [-0.15, -0.1) is 0 Å². The minimum absolute atomic E-state index is 0. The molecule has 1 aromatic carbocycles. The summed E-state index contributed by atoms with van der Waals surface area (Å²) in [5, 5.41) is 0. The molecule has 0 saturated carbocycles. The smallest absolute Gasteiger partial charge is 0.214 e. The van der Waals surface area contributed by atoms with Gasteiger partial charge in [0.25, 0.3) is 0 Å². The monoisotopic (exact) mass is 260 g/mol. The molecular weight excluding hydrogens is 255 g/mol. The number of hydrogen-bond donors (Lipinski definition) is 0. The van der Waals surface area contributed by atoms with Gasteiger partial charge in [0.15, 0.2) is 0 Å². The molecule has 32 valence electrons. The van der Waals surface area contributed by atoms with Crippen LogP contribution in [0.2, 0.25) is 0 Å². The van der Waals surface area contributed by atoms with Crippen LogP contribution in [0.25, 0.3) is 0 Å². The Morgan fingerprint density at radius 2 is 1.50 bits per heavy atom. The maximum Gasteiger partial charge on any atom is 4.00 e. The molecule has 0 spiro atoms. The topological polar surface area (TPSA) is 0 Å². The number of hydrogen-bond acceptors (Lipinski definition) is 0. The fraction of sp³-hybridized carbons (Fsp3) is 0. The van der Waals surface area contributed by atoms with E-state index < -0.39 is 0 Å². The van der Waals surface area contributed by atoms with Gasteiger partial charge in [0.2, 0.25) is 0 Å². The Bertz CT molecular complexity index is 60.4. The van der Waals surface area contributed by atoms with Crippen LogP contribution >= 0.6 is 0 Å². The molecule has 0 heterocycles. The molecule has 0 nitrogen and oxygen atoms in total. The molecule has 0 bridgehead atoms. The second-order valence-corrected chi connectivity index (χ2v) is 0.962. The Morgan fingerprint density at radius 1 is 1.00 bits per heavy atom. The summed E-state index contributed by atoms with van der Waals surface area (Å²) in [6.07, 6.45) is 0. The summed E-state index contributed by atoms with van der Waals surface area (Å²) in [7, 11) is 0. The molecule has 0 atom stereocenters. The van der Waals surface area contributed by atoms with E-state index in [1.165, 1.54) is 0 Å². The average molecular weight is 260 g/mol. The Kier molecular flexibility index (Phi) is 3.26. The minimum Gasteiger partial charge on any atom is -0.214 e. The van der Waals surface area contributed by atoms with Crippen LogP contribution in [0.4, 0.5) is 0 Å². The van der Waals surface area contributed by atoms with Crippen LogP contribution in [0.15, 0.2) is 30.3 Å². The molecule has 1 heteroatoms. The molecule has 0 N–H and O–H groups in total. The third kappa shape index (κ3) is 1.47. The van der Waals surface area contributed by atoms with Gasteiger partial charge in [-0.3, -0.25) is 0 Å². The Balaban J connectivity index is 0.000000250. The van der Waals surface area contributed by atoms with E-state index in [1.807, 2.05) is 30.3 Å². The van der Waals surface area contributed by atoms with Crippen LogP contribution in [0.5, 0.6) is 0 Å². The van der Waals surface area contributed by atoms with Gasteiger partial charge in [0, 0.05) is 0 Å². The van der Waals surface area contributed by atoms with Crippen molar-refractivity contribution in [2.45, 2.75) is 0 Å². The normalized spacial score (nSPS) is 6.67. The molecule has 0 aliphatic rings. The van der Waals surface area contributed by atoms with Gasteiger partial charge in [-0.25, -0.2) is 12.1 Å². The molecule has 1 aromatic rings. The summed E-state index contributed by atoms with van der Waals surface area (Å²) >= 11 is 0. The maximum absolute atomic E-state index is 2.00.